The van der Waals surface area contributed by atoms with Gasteiger partial charge in [0.05, 0.1) is 5.56 Å². The summed E-state index contributed by atoms with van der Waals surface area (Å²) >= 11 is 6.13. The van der Waals surface area contributed by atoms with Gasteiger partial charge in [-0.05, 0) is 46.3 Å². The number of tetrazole rings is 1. The summed E-state index contributed by atoms with van der Waals surface area (Å²) in [7, 11) is 0. The Morgan fingerprint density at radius 1 is 1.04 bits per heavy atom. The van der Waals surface area contributed by atoms with Crippen LogP contribution in [0.5, 0.6) is 11.5 Å². The zero-order valence-electron chi connectivity index (χ0n) is 24.4. The molecule has 5 rings (SSSR count). The lowest BCUT2D eigenvalue weighted by Gasteiger charge is -2.39. The molecule has 2 aliphatic heterocycles. The first-order chi connectivity index (χ1) is 22.4. The number of likely N-dealkylation sites (tertiary alicyclic amines) is 1. The minimum Gasteiger partial charge on any atom is -0.490 e. The highest BCUT2D eigenvalue weighted by molar-refractivity contribution is 6.30. The summed E-state index contributed by atoms with van der Waals surface area (Å²) in [5, 5.41) is 41.1. The monoisotopic (exact) mass is 712 g/mol. The van der Waals surface area contributed by atoms with Crippen LogP contribution in [0, 0.1) is 0 Å². The minimum absolute atomic E-state index is 0.0657. The van der Waals surface area contributed by atoms with E-state index in [9.17, 15) is 36.2 Å². The molecule has 1 spiro atoms. The maximum absolute atomic E-state index is 12.5. The van der Waals surface area contributed by atoms with Gasteiger partial charge in [-0.25, -0.2) is 14.7 Å². The molecule has 1 unspecified atom stereocenters. The molecular formula is C27H27ClF6N6O8. The fourth-order valence-corrected chi connectivity index (χ4v) is 4.72. The van der Waals surface area contributed by atoms with E-state index >= 15 is 0 Å². The highest BCUT2D eigenvalue weighted by Crippen LogP contribution is 2.42. The number of nitrogens with zero attached hydrogens (tertiary/aromatic N) is 4. The van der Waals surface area contributed by atoms with Gasteiger partial charge in [0.25, 0.3) is 5.91 Å². The van der Waals surface area contributed by atoms with Gasteiger partial charge in [-0.2, -0.15) is 26.3 Å². The summed E-state index contributed by atoms with van der Waals surface area (Å²) in [6.07, 6.45) is -8.24. The number of carbonyl (C=O) groups is 3. The van der Waals surface area contributed by atoms with Crippen molar-refractivity contribution >= 4 is 35.4 Å². The van der Waals surface area contributed by atoms with Crippen molar-refractivity contribution in [1.29, 1.82) is 0 Å². The number of nitrogens with one attached hydrogen (secondary N) is 2. The van der Waals surface area contributed by atoms with Crippen molar-refractivity contribution in [2.24, 2.45) is 0 Å². The molecular weight excluding hydrogens is 686 g/mol. The number of carboxylic acid groups (broad SMARTS) is 2. The van der Waals surface area contributed by atoms with E-state index in [4.69, 9.17) is 40.9 Å². The number of anilines is 1. The van der Waals surface area contributed by atoms with Gasteiger partial charge in [-0.3, -0.25) is 10.1 Å². The van der Waals surface area contributed by atoms with Crippen LogP contribution in [0.15, 0.2) is 42.5 Å². The number of carbonyl (C=O) groups excluding carboxylic acids is 1. The lowest BCUT2D eigenvalue weighted by molar-refractivity contribution is -0.193. The Morgan fingerprint density at radius 2 is 1.65 bits per heavy atom. The third-order valence-electron chi connectivity index (χ3n) is 6.72. The summed E-state index contributed by atoms with van der Waals surface area (Å²) in [4.78, 5) is 32.5. The first-order valence-corrected chi connectivity index (χ1v) is 14.0. The number of benzene rings is 2. The normalized spacial score (nSPS) is 15.8. The molecule has 2 aliphatic rings. The molecule has 0 radical (unpaired) electrons. The van der Waals surface area contributed by atoms with Gasteiger partial charge in [-0.15, -0.1) is 0 Å². The number of halogens is 7. The molecule has 21 heteroatoms. The molecule has 0 bridgehead atoms. The number of hydrogen-bond acceptors (Lipinski definition) is 10. The first kappa shape index (κ1) is 37.8. The van der Waals surface area contributed by atoms with Gasteiger partial charge in [0.15, 0.2) is 0 Å². The number of piperidine rings is 1. The van der Waals surface area contributed by atoms with E-state index in [1.54, 1.807) is 24.3 Å². The predicted octanol–water partition coefficient (Wildman–Crippen LogP) is 3.58. The predicted molar refractivity (Wildman–Crippen MR) is 152 cm³/mol. The highest BCUT2D eigenvalue weighted by Gasteiger charge is 2.42. The SMILES string of the molecule is O=C(Nc1nnn[nH]1)c1ccccc1OCC(O)CN1CCC2(CC1)Cc1cc(Cl)ccc1O2.O=C(O)C(F)(F)F.O=C(O)C(F)(F)F. The molecule has 48 heavy (non-hydrogen) atoms. The third kappa shape index (κ3) is 11.2. The van der Waals surface area contributed by atoms with E-state index in [0.717, 1.165) is 48.7 Å². The van der Waals surface area contributed by atoms with Gasteiger partial charge >= 0.3 is 24.3 Å². The molecule has 2 aromatic carbocycles. The average molecular weight is 713 g/mol. The quantitative estimate of drug-likeness (QED) is 0.224. The van der Waals surface area contributed by atoms with Crippen molar-refractivity contribution in [1.82, 2.24) is 25.5 Å². The number of hydrogen-bond donors (Lipinski definition) is 5. The molecule has 0 aliphatic carbocycles. The number of fused-ring (bicyclic) bond motifs is 1. The van der Waals surface area contributed by atoms with Crippen LogP contribution in [0.2, 0.25) is 5.02 Å². The third-order valence-corrected chi connectivity index (χ3v) is 6.96. The highest BCUT2D eigenvalue weighted by atomic mass is 35.5. The first-order valence-electron chi connectivity index (χ1n) is 13.6. The number of aromatic amines is 1. The van der Waals surface area contributed by atoms with Gasteiger partial charge < -0.3 is 29.7 Å². The zero-order chi connectivity index (χ0) is 35.7. The Labute approximate surface area is 271 Å². The van der Waals surface area contributed by atoms with Crippen LogP contribution in [0.1, 0.15) is 28.8 Å². The zero-order valence-corrected chi connectivity index (χ0v) is 25.1. The number of para-hydroxylation sites is 1. The van der Waals surface area contributed by atoms with Crippen molar-refractivity contribution in [2.45, 2.75) is 43.3 Å². The van der Waals surface area contributed by atoms with Crippen LogP contribution >= 0.6 is 11.6 Å². The maximum atomic E-state index is 12.5. The number of aliphatic hydroxyl groups excluding tert-OH is 1. The number of β-amino-alcohol motifs (C(OH)–C–C–N with tert-alkyl or cyclic N) is 1. The summed E-state index contributed by atoms with van der Waals surface area (Å²) in [5.74, 6) is -4.49. The van der Waals surface area contributed by atoms with Crippen LogP contribution in [0.3, 0.4) is 0 Å². The number of aliphatic carboxylic acids is 2. The molecule has 3 heterocycles. The lowest BCUT2D eigenvalue weighted by atomic mass is 9.87. The Hall–Kier alpha value is -4.69. The van der Waals surface area contributed by atoms with Crippen molar-refractivity contribution in [3.8, 4) is 11.5 Å². The second-order valence-electron chi connectivity index (χ2n) is 10.3. The summed E-state index contributed by atoms with van der Waals surface area (Å²) in [6.45, 7) is 2.19. The number of aromatic nitrogens is 4. The Bertz CT molecular complexity index is 1530. The molecule has 1 saturated heterocycles. The smallest absolute Gasteiger partial charge is 0.490 e. The Balaban J connectivity index is 0.000000376. The van der Waals surface area contributed by atoms with Gasteiger partial charge in [-0.1, -0.05) is 28.8 Å². The number of aliphatic hydroxyl groups is 1. The van der Waals surface area contributed by atoms with Crippen LogP contribution in [-0.2, 0) is 16.0 Å². The molecule has 14 nitrogen and oxygen atoms in total. The van der Waals surface area contributed by atoms with E-state index < -0.39 is 36.3 Å². The summed E-state index contributed by atoms with van der Waals surface area (Å²) < 4.78 is 75.6. The van der Waals surface area contributed by atoms with E-state index in [1.807, 2.05) is 18.2 Å². The topological polar surface area (TPSA) is 200 Å². The lowest BCUT2D eigenvalue weighted by Crippen LogP contribution is -2.49. The fourth-order valence-electron chi connectivity index (χ4n) is 4.53. The standard InChI is InChI=1S/C23H25ClN6O4.2C2HF3O2/c24-16-5-6-19-15(11-16)12-23(34-19)7-9-30(10-8-23)13-17(31)14-33-20-4-2-1-3-18(20)21(32)25-22-26-28-29-27-22;2*3-2(4,5)1(6)7/h1-6,11,17,31H,7-10,12-14H2,(H2,25,26,27,28,29,32);2*(H,6,7). The number of ether oxygens (including phenoxy) is 2. The molecule has 1 aromatic heterocycles. The van der Waals surface area contributed by atoms with Crippen LogP contribution in [0.4, 0.5) is 32.3 Å². The fraction of sp³-hybridized carbons (Fsp3) is 0.407. The van der Waals surface area contributed by atoms with Crippen molar-refractivity contribution in [3.05, 3.63) is 58.6 Å². The van der Waals surface area contributed by atoms with Crippen LogP contribution in [0.25, 0.3) is 0 Å². The Kier molecular flexibility index (Phi) is 12.5. The molecule has 0 saturated carbocycles. The molecule has 1 fully saturated rings. The summed E-state index contributed by atoms with van der Waals surface area (Å²) in [5.41, 5.74) is 1.30. The van der Waals surface area contributed by atoms with Gasteiger partial charge in [0, 0.05) is 43.9 Å². The van der Waals surface area contributed by atoms with E-state index in [2.05, 4.69) is 30.8 Å². The van der Waals surface area contributed by atoms with Crippen molar-refractivity contribution in [2.75, 3.05) is 31.6 Å². The van der Waals surface area contributed by atoms with Gasteiger partial charge in [0.1, 0.15) is 29.8 Å². The van der Waals surface area contributed by atoms with E-state index in [1.165, 1.54) is 0 Å². The van der Waals surface area contributed by atoms with E-state index in [0.29, 0.717) is 17.9 Å². The minimum atomic E-state index is -5.08. The van der Waals surface area contributed by atoms with Crippen molar-refractivity contribution in [3.63, 3.8) is 0 Å². The second kappa shape index (κ2) is 15.9. The molecule has 1 amide bonds. The number of rotatable bonds is 7. The average Bonchev–Trinajstić information content (AvgIpc) is 3.64. The van der Waals surface area contributed by atoms with E-state index in [-0.39, 0.29) is 18.2 Å². The molecule has 1 atom stereocenters. The van der Waals surface area contributed by atoms with Crippen molar-refractivity contribution < 1.29 is 65.5 Å². The maximum Gasteiger partial charge on any atom is 0.490 e. The largest absolute Gasteiger partial charge is 0.490 e. The molecule has 262 valence electrons. The second-order valence-corrected chi connectivity index (χ2v) is 10.7. The number of carboxylic acids is 2. The number of alkyl halides is 6. The Morgan fingerprint density at radius 3 is 2.21 bits per heavy atom. The van der Waals surface area contributed by atoms with Crippen LogP contribution < -0.4 is 14.8 Å². The number of amides is 1. The summed E-state index contributed by atoms with van der Waals surface area (Å²) in [6, 6.07) is 12.6. The molecule has 3 aromatic rings. The number of H-pyrrole nitrogens is 1. The molecule has 5 N–H and O–H groups in total. The van der Waals surface area contributed by atoms with Gasteiger partial charge in [0.2, 0.25) is 5.95 Å². The van der Waals surface area contributed by atoms with Crippen LogP contribution in [-0.4, -0.2) is 109 Å².